The van der Waals surface area contributed by atoms with Crippen molar-refractivity contribution in [3.63, 3.8) is 0 Å². The lowest BCUT2D eigenvalue weighted by atomic mass is 10.0. The topological polar surface area (TPSA) is 79.8 Å². The summed E-state index contributed by atoms with van der Waals surface area (Å²) in [7, 11) is 0. The van der Waals surface area contributed by atoms with Gasteiger partial charge in [0.2, 0.25) is 0 Å². The zero-order valence-corrected chi connectivity index (χ0v) is 12.2. The van der Waals surface area contributed by atoms with Crippen LogP contribution in [0.5, 0.6) is 5.75 Å². The lowest BCUT2D eigenvalue weighted by molar-refractivity contribution is 0.100. The van der Waals surface area contributed by atoms with Gasteiger partial charge in [-0.1, -0.05) is 6.07 Å². The van der Waals surface area contributed by atoms with Crippen LogP contribution in [0.2, 0.25) is 0 Å². The number of nitrogens with one attached hydrogen (secondary N) is 2. The van der Waals surface area contributed by atoms with Crippen molar-refractivity contribution in [2.24, 2.45) is 5.18 Å². The van der Waals surface area contributed by atoms with Gasteiger partial charge in [-0.3, -0.25) is 4.79 Å². The third-order valence-corrected chi connectivity index (χ3v) is 3.50. The number of benzene rings is 1. The molecule has 0 aliphatic carbocycles. The average molecular weight is 289 g/mol. The summed E-state index contributed by atoms with van der Waals surface area (Å²) in [6, 6.07) is 6.85. The molecule has 6 nitrogen and oxygen atoms in total. The van der Waals surface area contributed by atoms with Gasteiger partial charge < -0.3 is 10.2 Å². The maximum atomic E-state index is 11.2. The van der Waals surface area contributed by atoms with Crippen molar-refractivity contribution >= 4 is 5.91 Å². The summed E-state index contributed by atoms with van der Waals surface area (Å²) in [5.74, 6) is -0.205. The molecule has 112 valence electrons. The van der Waals surface area contributed by atoms with E-state index in [0.717, 1.165) is 12.8 Å². The molecule has 0 fully saturated rings. The van der Waals surface area contributed by atoms with Crippen LogP contribution in [0, 0.1) is 4.91 Å². The smallest absolute Gasteiger partial charge is 0.316 e. The molecule has 0 saturated carbocycles. The van der Waals surface area contributed by atoms with E-state index in [1.165, 1.54) is 17.3 Å². The molecule has 0 radical (unpaired) electrons. The van der Waals surface area contributed by atoms with Crippen LogP contribution < -0.4 is 15.6 Å². The van der Waals surface area contributed by atoms with Crippen molar-refractivity contribution in [3.05, 3.63) is 46.0 Å². The van der Waals surface area contributed by atoms with E-state index in [1.54, 1.807) is 18.2 Å². The molecule has 1 aromatic rings. The Balaban J connectivity index is 1.83. The highest BCUT2D eigenvalue weighted by molar-refractivity contribution is 5.95. The number of ether oxygens (including phenoxy) is 1. The van der Waals surface area contributed by atoms with Gasteiger partial charge in [-0.05, 0) is 50.5 Å². The Labute approximate surface area is 123 Å². The van der Waals surface area contributed by atoms with E-state index in [0.29, 0.717) is 18.4 Å². The Morgan fingerprint density at radius 3 is 2.90 bits per heavy atom. The van der Waals surface area contributed by atoms with Crippen molar-refractivity contribution in [1.82, 2.24) is 10.9 Å². The van der Waals surface area contributed by atoms with Crippen molar-refractivity contribution in [1.29, 1.82) is 0 Å². The summed E-state index contributed by atoms with van der Waals surface area (Å²) >= 11 is 0. The molecule has 2 rings (SSSR count). The van der Waals surface area contributed by atoms with Crippen LogP contribution in [-0.2, 0) is 0 Å². The molecular weight excluding hydrogens is 270 g/mol. The monoisotopic (exact) mass is 289 g/mol. The van der Waals surface area contributed by atoms with Gasteiger partial charge >= 0.3 is 5.91 Å². The molecule has 0 spiro atoms. The van der Waals surface area contributed by atoms with Crippen LogP contribution in [0.25, 0.3) is 0 Å². The molecule has 1 unspecified atom stereocenters. The number of hydrogen-bond donors (Lipinski definition) is 2. The predicted molar refractivity (Wildman–Crippen MR) is 79.7 cm³/mol. The second-order valence-corrected chi connectivity index (χ2v) is 5.02. The summed E-state index contributed by atoms with van der Waals surface area (Å²) in [5, 5.41) is 2.40. The van der Waals surface area contributed by atoms with Crippen molar-refractivity contribution in [3.8, 4) is 5.75 Å². The van der Waals surface area contributed by atoms with Crippen LogP contribution in [0.4, 0.5) is 0 Å². The lowest BCUT2D eigenvalue weighted by Crippen LogP contribution is -2.30. The molecule has 0 bridgehead atoms. The quantitative estimate of drug-likeness (QED) is 0.621. The van der Waals surface area contributed by atoms with Gasteiger partial charge in [0.1, 0.15) is 5.75 Å². The molecule has 0 aromatic heterocycles. The first-order valence-electron chi connectivity index (χ1n) is 6.93. The molecule has 0 saturated heterocycles. The van der Waals surface area contributed by atoms with E-state index >= 15 is 0 Å². The molecule has 1 aliphatic heterocycles. The van der Waals surface area contributed by atoms with Gasteiger partial charge in [0.25, 0.3) is 0 Å². The largest absolute Gasteiger partial charge is 0.494 e. The molecule has 1 atom stereocenters. The Morgan fingerprint density at radius 1 is 1.43 bits per heavy atom. The molecule has 1 aromatic carbocycles. The molecule has 2 N–H and O–H groups in total. The molecule has 1 heterocycles. The maximum absolute atomic E-state index is 11.2. The minimum Gasteiger partial charge on any atom is -0.494 e. The Morgan fingerprint density at radius 2 is 2.24 bits per heavy atom. The molecule has 21 heavy (non-hydrogen) atoms. The first-order chi connectivity index (χ1) is 10.1. The molecular formula is C15H19N3O3. The third-order valence-electron chi connectivity index (χ3n) is 3.50. The lowest BCUT2D eigenvalue weighted by Gasteiger charge is -2.10. The van der Waals surface area contributed by atoms with E-state index in [1.807, 2.05) is 6.92 Å². The highest BCUT2D eigenvalue weighted by atomic mass is 16.5. The van der Waals surface area contributed by atoms with Crippen molar-refractivity contribution in [2.45, 2.75) is 32.7 Å². The second kappa shape index (κ2) is 6.99. The number of rotatable bonds is 6. The highest BCUT2D eigenvalue weighted by Gasteiger charge is 2.17. The zero-order chi connectivity index (χ0) is 15.2. The Kier molecular flexibility index (Phi) is 5.05. The number of hydrogen-bond acceptors (Lipinski definition) is 5. The van der Waals surface area contributed by atoms with Crippen LogP contribution in [0.15, 0.2) is 40.7 Å². The van der Waals surface area contributed by atoms with Gasteiger partial charge in [-0.15, -0.1) is 4.91 Å². The SMILES string of the molecule is CC1=C(CCCOc2cccc(C(=O)N=O)c2)C(C)NN1. The number of amides is 1. The standard InChI is InChI=1S/C15H19N3O3/c1-10-14(11(2)17-16-10)7-4-8-21-13-6-3-5-12(9-13)15(19)18-20/h3,5-6,9-10,16-17H,4,7-8H2,1-2H3. The number of hydrazine groups is 1. The first-order valence-corrected chi connectivity index (χ1v) is 6.93. The average Bonchev–Trinajstić information content (AvgIpc) is 2.82. The Bertz CT molecular complexity index is 569. The molecule has 6 heteroatoms. The number of carbonyl (C=O) groups excluding carboxylic acids is 1. The Hall–Kier alpha value is -2.21. The van der Waals surface area contributed by atoms with E-state index in [-0.39, 0.29) is 5.56 Å². The van der Waals surface area contributed by atoms with Gasteiger partial charge in [-0.2, -0.15) is 0 Å². The summed E-state index contributed by atoms with van der Waals surface area (Å²) in [6.07, 6.45) is 1.83. The minimum atomic E-state index is -0.779. The van der Waals surface area contributed by atoms with Gasteiger partial charge in [0, 0.05) is 22.5 Å². The van der Waals surface area contributed by atoms with Crippen LogP contribution in [0.3, 0.4) is 0 Å². The number of carbonyl (C=O) groups is 1. The maximum Gasteiger partial charge on any atom is 0.316 e. The zero-order valence-electron chi connectivity index (χ0n) is 12.2. The number of nitroso groups, excluding NO2 is 1. The van der Waals surface area contributed by atoms with Gasteiger partial charge in [0.05, 0.1) is 6.61 Å². The summed E-state index contributed by atoms with van der Waals surface area (Å²) in [5.41, 5.74) is 9.05. The van der Waals surface area contributed by atoms with E-state index < -0.39 is 5.91 Å². The predicted octanol–water partition coefficient (Wildman–Crippen LogP) is 2.52. The summed E-state index contributed by atoms with van der Waals surface area (Å²) in [6.45, 7) is 4.71. The highest BCUT2D eigenvalue weighted by Crippen LogP contribution is 2.19. The van der Waals surface area contributed by atoms with Gasteiger partial charge in [0.15, 0.2) is 0 Å². The fraction of sp³-hybridized carbons (Fsp3) is 0.400. The van der Waals surface area contributed by atoms with E-state index in [4.69, 9.17) is 4.74 Å². The summed E-state index contributed by atoms with van der Waals surface area (Å²) < 4.78 is 5.61. The van der Waals surface area contributed by atoms with Crippen molar-refractivity contribution < 1.29 is 9.53 Å². The third kappa shape index (κ3) is 3.88. The minimum absolute atomic E-state index is 0.249. The van der Waals surface area contributed by atoms with E-state index in [2.05, 4.69) is 23.0 Å². The number of allylic oxidation sites excluding steroid dienone is 1. The van der Waals surface area contributed by atoms with E-state index in [9.17, 15) is 9.70 Å². The molecule has 1 amide bonds. The first kappa shape index (κ1) is 15.2. The fourth-order valence-corrected chi connectivity index (χ4v) is 2.34. The van der Waals surface area contributed by atoms with Crippen LogP contribution in [0.1, 0.15) is 37.0 Å². The second-order valence-electron chi connectivity index (χ2n) is 5.02. The normalized spacial score (nSPS) is 17.5. The number of nitrogens with zero attached hydrogens (tertiary/aromatic N) is 1. The van der Waals surface area contributed by atoms with Crippen LogP contribution >= 0.6 is 0 Å². The fourth-order valence-electron chi connectivity index (χ4n) is 2.34. The van der Waals surface area contributed by atoms with Crippen LogP contribution in [-0.4, -0.2) is 18.6 Å². The molecule has 1 aliphatic rings. The van der Waals surface area contributed by atoms with Gasteiger partial charge in [-0.25, -0.2) is 5.43 Å². The van der Waals surface area contributed by atoms with Crippen molar-refractivity contribution in [2.75, 3.05) is 6.61 Å². The summed E-state index contributed by atoms with van der Waals surface area (Å²) in [4.78, 5) is 21.4.